The number of nitrogens with zero attached hydrogens (tertiary/aromatic N) is 2. The molecule has 118 valence electrons. The van der Waals surface area contributed by atoms with Gasteiger partial charge in [0.25, 0.3) is 0 Å². The second-order valence-electron chi connectivity index (χ2n) is 6.24. The summed E-state index contributed by atoms with van der Waals surface area (Å²) in [5, 5.41) is 9.24. The van der Waals surface area contributed by atoms with Gasteiger partial charge in [-0.25, -0.2) is 4.79 Å². The number of nitriles is 1. The quantitative estimate of drug-likeness (QED) is 0.805. The SMILES string of the molecule is CC(C)(C)OC(=O)N1CCO[C@H](c2ccc(N)cc2C#N)C1. The fourth-order valence-corrected chi connectivity index (χ4v) is 2.28. The van der Waals surface area contributed by atoms with Crippen molar-refractivity contribution >= 4 is 11.8 Å². The van der Waals surface area contributed by atoms with E-state index in [1.54, 1.807) is 23.1 Å². The molecular weight excluding hydrogens is 282 g/mol. The second kappa shape index (κ2) is 6.24. The molecule has 0 aromatic heterocycles. The molecule has 0 saturated carbocycles. The average Bonchev–Trinajstić information content (AvgIpc) is 2.45. The highest BCUT2D eigenvalue weighted by Gasteiger charge is 2.30. The molecular formula is C16H21N3O3. The predicted octanol–water partition coefficient (Wildman–Crippen LogP) is 2.45. The molecule has 1 aromatic carbocycles. The zero-order chi connectivity index (χ0) is 16.3. The van der Waals surface area contributed by atoms with Gasteiger partial charge in [0.05, 0.1) is 24.8 Å². The third kappa shape index (κ3) is 3.89. The lowest BCUT2D eigenvalue weighted by atomic mass is 10.0. The van der Waals surface area contributed by atoms with E-state index in [9.17, 15) is 10.1 Å². The highest BCUT2D eigenvalue weighted by Crippen LogP contribution is 2.27. The molecule has 1 fully saturated rings. The van der Waals surface area contributed by atoms with Gasteiger partial charge < -0.3 is 20.1 Å². The molecule has 2 rings (SSSR count). The van der Waals surface area contributed by atoms with Crippen LogP contribution in [-0.2, 0) is 9.47 Å². The Bertz CT molecular complexity index is 602. The minimum atomic E-state index is -0.538. The van der Waals surface area contributed by atoms with Gasteiger partial charge in [0, 0.05) is 17.8 Å². The molecule has 1 heterocycles. The molecule has 1 atom stereocenters. The number of nitrogen functional groups attached to an aromatic ring is 1. The van der Waals surface area contributed by atoms with Gasteiger partial charge in [0.15, 0.2) is 0 Å². The van der Waals surface area contributed by atoms with E-state index in [1.807, 2.05) is 20.8 Å². The van der Waals surface area contributed by atoms with Crippen LogP contribution < -0.4 is 5.73 Å². The van der Waals surface area contributed by atoms with Crippen molar-refractivity contribution in [2.24, 2.45) is 0 Å². The van der Waals surface area contributed by atoms with Gasteiger partial charge in [-0.2, -0.15) is 5.26 Å². The highest BCUT2D eigenvalue weighted by molar-refractivity contribution is 5.68. The fraction of sp³-hybridized carbons (Fsp3) is 0.500. The molecule has 6 heteroatoms. The van der Waals surface area contributed by atoms with Gasteiger partial charge in [0.1, 0.15) is 11.7 Å². The fourth-order valence-electron chi connectivity index (χ4n) is 2.28. The normalized spacial score (nSPS) is 18.6. The lowest BCUT2D eigenvalue weighted by molar-refractivity contribution is -0.0433. The van der Waals surface area contributed by atoms with E-state index in [0.29, 0.717) is 30.9 Å². The van der Waals surface area contributed by atoms with E-state index in [1.165, 1.54) is 0 Å². The van der Waals surface area contributed by atoms with Crippen LogP contribution in [0.25, 0.3) is 0 Å². The number of carbonyl (C=O) groups excluding carboxylic acids is 1. The maximum absolute atomic E-state index is 12.2. The Morgan fingerprint density at radius 1 is 1.50 bits per heavy atom. The highest BCUT2D eigenvalue weighted by atomic mass is 16.6. The number of rotatable bonds is 1. The van der Waals surface area contributed by atoms with Gasteiger partial charge in [-0.05, 0) is 32.9 Å². The summed E-state index contributed by atoms with van der Waals surface area (Å²) in [4.78, 5) is 13.8. The number of morpholine rings is 1. The van der Waals surface area contributed by atoms with E-state index in [-0.39, 0.29) is 12.2 Å². The molecule has 1 amide bonds. The van der Waals surface area contributed by atoms with Gasteiger partial charge in [-0.15, -0.1) is 0 Å². The van der Waals surface area contributed by atoms with E-state index in [4.69, 9.17) is 15.2 Å². The number of amides is 1. The molecule has 6 nitrogen and oxygen atoms in total. The third-order valence-corrected chi connectivity index (χ3v) is 3.26. The number of ether oxygens (including phenoxy) is 2. The maximum Gasteiger partial charge on any atom is 0.410 e. The van der Waals surface area contributed by atoms with E-state index >= 15 is 0 Å². The molecule has 0 spiro atoms. The number of hydrogen-bond donors (Lipinski definition) is 1. The van der Waals surface area contributed by atoms with Crippen molar-refractivity contribution in [3.05, 3.63) is 29.3 Å². The molecule has 0 bridgehead atoms. The van der Waals surface area contributed by atoms with Crippen LogP contribution in [0.4, 0.5) is 10.5 Å². The standard InChI is InChI=1S/C16H21N3O3/c1-16(2,3)22-15(20)19-6-7-21-14(10-19)13-5-4-12(18)8-11(13)9-17/h4-5,8,14H,6-7,10,18H2,1-3H3/t14-/m0/s1. The van der Waals surface area contributed by atoms with Crippen molar-refractivity contribution in [2.45, 2.75) is 32.5 Å². The Kier molecular flexibility index (Phi) is 4.57. The van der Waals surface area contributed by atoms with Crippen LogP contribution in [0, 0.1) is 11.3 Å². The lowest BCUT2D eigenvalue weighted by Crippen LogP contribution is -2.44. The second-order valence-corrected chi connectivity index (χ2v) is 6.24. The Labute approximate surface area is 130 Å². The van der Waals surface area contributed by atoms with Crippen molar-refractivity contribution in [3.63, 3.8) is 0 Å². The van der Waals surface area contributed by atoms with Crippen LogP contribution in [-0.4, -0.2) is 36.3 Å². The maximum atomic E-state index is 12.2. The summed E-state index contributed by atoms with van der Waals surface area (Å²) in [6, 6.07) is 7.24. The van der Waals surface area contributed by atoms with Crippen molar-refractivity contribution in [2.75, 3.05) is 25.4 Å². The van der Waals surface area contributed by atoms with Crippen LogP contribution in [0.5, 0.6) is 0 Å². The number of benzene rings is 1. The van der Waals surface area contributed by atoms with Crippen LogP contribution in [0.15, 0.2) is 18.2 Å². The molecule has 2 N–H and O–H groups in total. The Balaban J connectivity index is 2.14. The summed E-state index contributed by atoms with van der Waals surface area (Å²) >= 11 is 0. The Hall–Kier alpha value is -2.26. The van der Waals surface area contributed by atoms with Crippen LogP contribution in [0.1, 0.15) is 38.0 Å². The van der Waals surface area contributed by atoms with Crippen molar-refractivity contribution in [3.8, 4) is 6.07 Å². The average molecular weight is 303 g/mol. The Morgan fingerprint density at radius 3 is 2.86 bits per heavy atom. The first-order valence-corrected chi connectivity index (χ1v) is 7.19. The zero-order valence-corrected chi connectivity index (χ0v) is 13.1. The van der Waals surface area contributed by atoms with Gasteiger partial charge >= 0.3 is 6.09 Å². The minimum absolute atomic E-state index is 0.350. The first-order valence-electron chi connectivity index (χ1n) is 7.19. The lowest BCUT2D eigenvalue weighted by Gasteiger charge is -2.34. The van der Waals surface area contributed by atoms with E-state index in [0.717, 1.165) is 5.56 Å². The van der Waals surface area contributed by atoms with Crippen LogP contribution in [0.3, 0.4) is 0 Å². The minimum Gasteiger partial charge on any atom is -0.444 e. The smallest absolute Gasteiger partial charge is 0.410 e. The van der Waals surface area contributed by atoms with Crippen molar-refractivity contribution < 1.29 is 14.3 Å². The third-order valence-electron chi connectivity index (χ3n) is 3.26. The first-order chi connectivity index (χ1) is 10.3. The summed E-state index contributed by atoms with van der Waals surface area (Å²) in [5.74, 6) is 0. The summed E-state index contributed by atoms with van der Waals surface area (Å²) < 4.78 is 11.1. The summed E-state index contributed by atoms with van der Waals surface area (Å²) in [6.45, 7) is 6.72. The van der Waals surface area contributed by atoms with E-state index in [2.05, 4.69) is 6.07 Å². The largest absolute Gasteiger partial charge is 0.444 e. The summed E-state index contributed by atoms with van der Waals surface area (Å²) in [7, 11) is 0. The summed E-state index contributed by atoms with van der Waals surface area (Å²) in [6.07, 6.45) is -0.716. The van der Waals surface area contributed by atoms with Crippen molar-refractivity contribution in [1.82, 2.24) is 4.90 Å². The topological polar surface area (TPSA) is 88.6 Å². The van der Waals surface area contributed by atoms with Gasteiger partial charge in [0.2, 0.25) is 0 Å². The van der Waals surface area contributed by atoms with Gasteiger partial charge in [-0.3, -0.25) is 0 Å². The Morgan fingerprint density at radius 2 is 2.23 bits per heavy atom. The molecule has 22 heavy (non-hydrogen) atoms. The zero-order valence-electron chi connectivity index (χ0n) is 13.1. The van der Waals surface area contributed by atoms with Crippen molar-refractivity contribution in [1.29, 1.82) is 5.26 Å². The monoisotopic (exact) mass is 303 g/mol. The van der Waals surface area contributed by atoms with Crippen LogP contribution >= 0.6 is 0 Å². The molecule has 1 saturated heterocycles. The number of carbonyl (C=O) groups is 1. The molecule has 0 radical (unpaired) electrons. The molecule has 1 aliphatic rings. The van der Waals surface area contributed by atoms with Gasteiger partial charge in [-0.1, -0.05) is 6.07 Å². The number of anilines is 1. The van der Waals surface area contributed by atoms with E-state index < -0.39 is 5.60 Å². The number of nitrogens with two attached hydrogens (primary N) is 1. The summed E-state index contributed by atoms with van der Waals surface area (Å²) in [5.41, 5.74) is 6.90. The molecule has 1 aliphatic heterocycles. The number of hydrogen-bond acceptors (Lipinski definition) is 5. The molecule has 1 aromatic rings. The molecule has 0 unspecified atom stereocenters. The first kappa shape index (κ1) is 16.1. The van der Waals surface area contributed by atoms with Crippen LogP contribution in [0.2, 0.25) is 0 Å². The molecule has 0 aliphatic carbocycles. The predicted molar refractivity (Wildman–Crippen MR) is 82.1 cm³/mol.